The third-order valence-corrected chi connectivity index (χ3v) is 5.08. The van der Waals surface area contributed by atoms with Crippen LogP contribution in [0.25, 0.3) is 0 Å². The minimum atomic E-state index is 0.366. The van der Waals surface area contributed by atoms with Gasteiger partial charge in [-0.25, -0.2) is 0 Å². The summed E-state index contributed by atoms with van der Waals surface area (Å²) in [6, 6.07) is 1.19. The van der Waals surface area contributed by atoms with Crippen molar-refractivity contribution in [3.63, 3.8) is 0 Å². The zero-order chi connectivity index (χ0) is 13.7. The molecule has 2 aliphatic heterocycles. The van der Waals surface area contributed by atoms with Gasteiger partial charge in [0.25, 0.3) is 0 Å². The number of rotatable bonds is 4. The van der Waals surface area contributed by atoms with Gasteiger partial charge in [0.1, 0.15) is 0 Å². The zero-order valence-corrected chi connectivity index (χ0v) is 13.0. The van der Waals surface area contributed by atoms with Gasteiger partial charge in [-0.1, -0.05) is 6.92 Å². The SMILES string of the molecule is CCCN1CCCC(N2CCCC(C(C)N)C2)CC1. The second-order valence-corrected chi connectivity index (χ2v) is 6.68. The molecule has 3 heteroatoms. The summed E-state index contributed by atoms with van der Waals surface area (Å²) in [6.45, 7) is 10.9. The van der Waals surface area contributed by atoms with E-state index in [-0.39, 0.29) is 0 Å². The number of piperidine rings is 1. The third kappa shape index (κ3) is 4.44. The molecule has 19 heavy (non-hydrogen) atoms. The topological polar surface area (TPSA) is 32.5 Å². The summed E-state index contributed by atoms with van der Waals surface area (Å²) in [5.74, 6) is 0.726. The van der Waals surface area contributed by atoms with Crippen molar-refractivity contribution in [3.8, 4) is 0 Å². The Morgan fingerprint density at radius 1 is 1.11 bits per heavy atom. The van der Waals surface area contributed by atoms with E-state index in [0.717, 1.165) is 12.0 Å². The molecule has 0 bridgehead atoms. The molecule has 0 saturated carbocycles. The van der Waals surface area contributed by atoms with Gasteiger partial charge in [-0.3, -0.25) is 0 Å². The van der Waals surface area contributed by atoms with Crippen molar-refractivity contribution in [3.05, 3.63) is 0 Å². The lowest BCUT2D eigenvalue weighted by Gasteiger charge is -2.39. The molecule has 0 amide bonds. The van der Waals surface area contributed by atoms with Crippen molar-refractivity contribution in [2.75, 3.05) is 32.7 Å². The second kappa shape index (κ2) is 7.61. The summed E-state index contributed by atoms with van der Waals surface area (Å²) in [4.78, 5) is 5.42. The maximum atomic E-state index is 6.12. The highest BCUT2D eigenvalue weighted by molar-refractivity contribution is 4.84. The first-order valence-corrected chi connectivity index (χ1v) is 8.42. The van der Waals surface area contributed by atoms with Gasteiger partial charge in [0.15, 0.2) is 0 Å². The number of likely N-dealkylation sites (tertiary alicyclic amines) is 2. The lowest BCUT2D eigenvalue weighted by molar-refractivity contribution is 0.104. The molecule has 2 N–H and O–H groups in total. The molecule has 0 spiro atoms. The minimum Gasteiger partial charge on any atom is -0.328 e. The molecule has 3 unspecified atom stereocenters. The van der Waals surface area contributed by atoms with Crippen molar-refractivity contribution in [2.24, 2.45) is 11.7 Å². The van der Waals surface area contributed by atoms with Crippen LogP contribution >= 0.6 is 0 Å². The van der Waals surface area contributed by atoms with Gasteiger partial charge < -0.3 is 15.5 Å². The fourth-order valence-electron chi connectivity index (χ4n) is 3.84. The predicted molar refractivity (Wildman–Crippen MR) is 82.3 cm³/mol. The van der Waals surface area contributed by atoms with Crippen LogP contribution in [0, 0.1) is 5.92 Å². The molecule has 0 aromatic rings. The van der Waals surface area contributed by atoms with Crippen LogP contribution in [0.3, 0.4) is 0 Å². The van der Waals surface area contributed by atoms with Crippen LogP contribution in [0.5, 0.6) is 0 Å². The molecule has 2 fully saturated rings. The number of nitrogens with zero attached hydrogens (tertiary/aromatic N) is 2. The Morgan fingerprint density at radius 2 is 1.89 bits per heavy atom. The Kier molecular flexibility index (Phi) is 6.11. The van der Waals surface area contributed by atoms with Gasteiger partial charge in [0.2, 0.25) is 0 Å². The van der Waals surface area contributed by atoms with Crippen LogP contribution < -0.4 is 5.73 Å². The average Bonchev–Trinajstić information content (AvgIpc) is 2.65. The van der Waals surface area contributed by atoms with Crippen LogP contribution in [0.2, 0.25) is 0 Å². The quantitative estimate of drug-likeness (QED) is 0.848. The van der Waals surface area contributed by atoms with Crippen LogP contribution in [0.4, 0.5) is 0 Å². The second-order valence-electron chi connectivity index (χ2n) is 6.68. The largest absolute Gasteiger partial charge is 0.328 e. The summed E-state index contributed by atoms with van der Waals surface area (Å²) in [5, 5.41) is 0. The molecule has 0 radical (unpaired) electrons. The summed E-state index contributed by atoms with van der Waals surface area (Å²) < 4.78 is 0. The summed E-state index contributed by atoms with van der Waals surface area (Å²) in [5.41, 5.74) is 6.12. The first-order chi connectivity index (χ1) is 9.20. The molecule has 3 atom stereocenters. The lowest BCUT2D eigenvalue weighted by atomic mass is 9.90. The van der Waals surface area contributed by atoms with E-state index in [0.29, 0.717) is 6.04 Å². The monoisotopic (exact) mass is 267 g/mol. The Balaban J connectivity index is 1.84. The molecule has 112 valence electrons. The summed E-state index contributed by atoms with van der Waals surface area (Å²) in [7, 11) is 0. The number of hydrogen-bond acceptors (Lipinski definition) is 3. The predicted octanol–water partition coefficient (Wildman–Crippen LogP) is 2.31. The van der Waals surface area contributed by atoms with E-state index in [9.17, 15) is 0 Å². The fraction of sp³-hybridized carbons (Fsp3) is 1.00. The van der Waals surface area contributed by atoms with Crippen molar-refractivity contribution < 1.29 is 0 Å². The Bertz CT molecular complexity index is 254. The molecule has 0 aliphatic carbocycles. The van der Waals surface area contributed by atoms with Gasteiger partial charge in [-0.15, -0.1) is 0 Å². The molecule has 0 aromatic carbocycles. The molecule has 2 rings (SSSR count). The van der Waals surface area contributed by atoms with E-state index in [1.807, 2.05) is 0 Å². The first kappa shape index (κ1) is 15.3. The fourth-order valence-corrected chi connectivity index (χ4v) is 3.84. The molecular weight excluding hydrogens is 234 g/mol. The van der Waals surface area contributed by atoms with Crippen LogP contribution in [-0.2, 0) is 0 Å². The summed E-state index contributed by atoms with van der Waals surface area (Å²) >= 11 is 0. The first-order valence-electron chi connectivity index (χ1n) is 8.42. The van der Waals surface area contributed by atoms with Gasteiger partial charge in [0, 0.05) is 18.6 Å². The third-order valence-electron chi connectivity index (χ3n) is 5.08. The van der Waals surface area contributed by atoms with E-state index < -0.39 is 0 Å². The standard InChI is InChI=1S/C16H33N3/c1-3-9-18-10-5-7-16(8-12-18)19-11-4-6-15(13-19)14(2)17/h14-16H,3-13,17H2,1-2H3. The Hall–Kier alpha value is -0.120. The van der Waals surface area contributed by atoms with Gasteiger partial charge >= 0.3 is 0 Å². The number of nitrogens with two attached hydrogens (primary N) is 1. The van der Waals surface area contributed by atoms with Crippen molar-refractivity contribution in [1.29, 1.82) is 0 Å². The highest BCUT2D eigenvalue weighted by Gasteiger charge is 2.28. The molecule has 3 nitrogen and oxygen atoms in total. The van der Waals surface area contributed by atoms with Crippen LogP contribution in [0.1, 0.15) is 52.4 Å². The highest BCUT2D eigenvalue weighted by Crippen LogP contribution is 2.25. The van der Waals surface area contributed by atoms with E-state index in [2.05, 4.69) is 23.6 Å². The van der Waals surface area contributed by atoms with Gasteiger partial charge in [0.05, 0.1) is 0 Å². The maximum Gasteiger partial charge on any atom is 0.0108 e. The molecule has 2 aliphatic rings. The van der Waals surface area contributed by atoms with E-state index in [1.54, 1.807) is 0 Å². The van der Waals surface area contributed by atoms with Crippen LogP contribution in [0.15, 0.2) is 0 Å². The van der Waals surface area contributed by atoms with Crippen molar-refractivity contribution in [1.82, 2.24) is 9.80 Å². The minimum absolute atomic E-state index is 0.366. The lowest BCUT2D eigenvalue weighted by Crippen LogP contribution is -2.47. The normalized spacial score (nSPS) is 33.0. The van der Waals surface area contributed by atoms with E-state index in [4.69, 9.17) is 5.73 Å². The average molecular weight is 267 g/mol. The zero-order valence-electron chi connectivity index (χ0n) is 13.0. The molecule has 2 heterocycles. The van der Waals surface area contributed by atoms with E-state index >= 15 is 0 Å². The van der Waals surface area contributed by atoms with Gasteiger partial charge in [-0.05, 0) is 77.5 Å². The molecule has 2 saturated heterocycles. The molecule has 0 aromatic heterocycles. The van der Waals surface area contributed by atoms with Gasteiger partial charge in [-0.2, -0.15) is 0 Å². The summed E-state index contributed by atoms with van der Waals surface area (Å²) in [6.07, 6.45) is 8.12. The van der Waals surface area contributed by atoms with E-state index in [1.165, 1.54) is 71.2 Å². The maximum absolute atomic E-state index is 6.12. The molecular formula is C16H33N3. The smallest absolute Gasteiger partial charge is 0.0108 e. The highest BCUT2D eigenvalue weighted by atomic mass is 15.2. The van der Waals surface area contributed by atoms with Crippen LogP contribution in [-0.4, -0.2) is 54.6 Å². The Morgan fingerprint density at radius 3 is 2.63 bits per heavy atom. The van der Waals surface area contributed by atoms with Crippen molar-refractivity contribution >= 4 is 0 Å². The van der Waals surface area contributed by atoms with Crippen molar-refractivity contribution in [2.45, 2.75) is 64.5 Å². The number of hydrogen-bond donors (Lipinski definition) is 1. The Labute approximate surface area is 119 Å².